The summed E-state index contributed by atoms with van der Waals surface area (Å²) in [7, 11) is 0. The zero-order valence-corrected chi connectivity index (χ0v) is 26.8. The molecule has 1 aromatic heterocycles. The molecule has 0 amide bonds. The maximum Gasteiger partial charge on any atom is 0.319 e. The highest BCUT2D eigenvalue weighted by Gasteiger charge is 2.50. The van der Waals surface area contributed by atoms with Crippen molar-refractivity contribution in [1.29, 1.82) is 0 Å². The van der Waals surface area contributed by atoms with Crippen molar-refractivity contribution < 1.29 is 27.8 Å². The molecule has 4 aliphatic rings. The summed E-state index contributed by atoms with van der Waals surface area (Å²) in [6.07, 6.45) is 8.47. The molecule has 3 N–H and O–H groups in total. The number of nitrogens with two attached hydrogens (primary N) is 1. The topological polar surface area (TPSA) is 97.0 Å². The first kappa shape index (κ1) is 31.2. The van der Waals surface area contributed by atoms with E-state index in [2.05, 4.69) is 20.7 Å². The predicted molar refractivity (Wildman–Crippen MR) is 178 cm³/mol. The lowest BCUT2D eigenvalue weighted by Gasteiger charge is -2.41. The number of ether oxygens (including phenoxy) is 2. The number of rotatable bonds is 5. The number of fused-ring (bicyclic) bond motifs is 3. The fraction of sp³-hybridized carbons (Fsp3) is 0.459. The molecule has 4 aliphatic heterocycles. The summed E-state index contributed by atoms with van der Waals surface area (Å²) in [4.78, 5) is 13.7. The molecule has 8 rings (SSSR count). The molecule has 4 atom stereocenters. The maximum absolute atomic E-state index is 16.9. The number of hydrogen-bond acceptors (Lipinski definition) is 8. The highest BCUT2D eigenvalue weighted by atomic mass is 19.1. The summed E-state index contributed by atoms with van der Waals surface area (Å²) in [5.74, 6) is 1.51. The third-order valence-corrected chi connectivity index (χ3v) is 11.4. The quantitative estimate of drug-likeness (QED) is 0.264. The molecule has 0 aliphatic carbocycles. The van der Waals surface area contributed by atoms with Gasteiger partial charge in [-0.3, -0.25) is 4.90 Å². The Labute approximate surface area is 277 Å². The number of halogens is 3. The summed E-state index contributed by atoms with van der Waals surface area (Å²) in [6.45, 7) is 5.24. The Morgan fingerprint density at radius 2 is 1.92 bits per heavy atom. The first-order valence-electron chi connectivity index (χ1n) is 16.7. The van der Waals surface area contributed by atoms with E-state index in [9.17, 15) is 13.9 Å². The lowest BCUT2D eigenvalue weighted by Crippen LogP contribution is -2.50. The normalized spacial score (nSPS) is 26.8. The molecule has 11 heteroatoms. The second kappa shape index (κ2) is 11.5. The number of hydrogen-bond donors (Lipinski definition) is 2. The van der Waals surface area contributed by atoms with Crippen molar-refractivity contribution in [3.05, 3.63) is 53.6 Å². The van der Waals surface area contributed by atoms with Gasteiger partial charge in [0.05, 0.1) is 23.8 Å². The van der Waals surface area contributed by atoms with Crippen molar-refractivity contribution in [2.24, 2.45) is 11.1 Å². The van der Waals surface area contributed by atoms with Crippen molar-refractivity contribution in [2.75, 3.05) is 44.3 Å². The van der Waals surface area contributed by atoms with Crippen LogP contribution >= 0.6 is 0 Å². The molecule has 4 saturated heterocycles. The van der Waals surface area contributed by atoms with Gasteiger partial charge in [-0.15, -0.1) is 6.42 Å². The van der Waals surface area contributed by atoms with Crippen LogP contribution in [-0.4, -0.2) is 83.2 Å². The van der Waals surface area contributed by atoms with Crippen LogP contribution in [0.3, 0.4) is 0 Å². The van der Waals surface area contributed by atoms with Crippen molar-refractivity contribution in [3.8, 4) is 35.2 Å². The Morgan fingerprint density at radius 1 is 1.10 bits per heavy atom. The Bertz CT molecular complexity index is 1980. The van der Waals surface area contributed by atoms with Crippen LogP contribution in [0.2, 0.25) is 0 Å². The predicted octanol–water partition coefficient (Wildman–Crippen LogP) is 5.70. The Balaban J connectivity index is 1.24. The van der Waals surface area contributed by atoms with Gasteiger partial charge in [0, 0.05) is 53.8 Å². The Hall–Kier alpha value is -4.11. The summed E-state index contributed by atoms with van der Waals surface area (Å²) < 4.78 is 58.5. The third-order valence-electron chi connectivity index (χ3n) is 11.4. The summed E-state index contributed by atoms with van der Waals surface area (Å²) in [5, 5.41) is 11.9. The fourth-order valence-electron chi connectivity index (χ4n) is 8.70. The van der Waals surface area contributed by atoms with E-state index in [1.165, 1.54) is 24.3 Å². The Morgan fingerprint density at radius 3 is 2.67 bits per heavy atom. The highest BCUT2D eigenvalue weighted by molar-refractivity contribution is 6.04. The van der Waals surface area contributed by atoms with Crippen LogP contribution in [0.5, 0.6) is 11.8 Å². The van der Waals surface area contributed by atoms with Gasteiger partial charge in [0.2, 0.25) is 0 Å². The maximum atomic E-state index is 16.9. The minimum atomic E-state index is -0.925. The molecular formula is C37H38F3N5O3. The average Bonchev–Trinajstić information content (AvgIpc) is 3.70. The third kappa shape index (κ3) is 4.87. The van der Waals surface area contributed by atoms with Gasteiger partial charge in [-0.25, -0.2) is 13.2 Å². The summed E-state index contributed by atoms with van der Waals surface area (Å²) in [6, 6.07) is 8.84. The van der Waals surface area contributed by atoms with Crippen molar-refractivity contribution in [3.63, 3.8) is 0 Å². The van der Waals surface area contributed by atoms with Gasteiger partial charge in [-0.2, -0.15) is 9.97 Å². The van der Waals surface area contributed by atoms with Crippen LogP contribution in [0.1, 0.15) is 44.6 Å². The minimum absolute atomic E-state index is 0.00279. The van der Waals surface area contributed by atoms with Crippen LogP contribution in [0.4, 0.5) is 19.0 Å². The van der Waals surface area contributed by atoms with Crippen LogP contribution in [-0.2, 0) is 4.74 Å². The van der Waals surface area contributed by atoms with Gasteiger partial charge in [0.15, 0.2) is 5.82 Å². The molecule has 5 heterocycles. The smallest absolute Gasteiger partial charge is 0.319 e. The Kier molecular flexibility index (Phi) is 7.47. The van der Waals surface area contributed by atoms with Gasteiger partial charge in [0.1, 0.15) is 35.7 Å². The van der Waals surface area contributed by atoms with Crippen molar-refractivity contribution in [1.82, 2.24) is 14.9 Å². The van der Waals surface area contributed by atoms with Crippen LogP contribution in [0.25, 0.3) is 32.8 Å². The number of anilines is 1. The lowest BCUT2D eigenvalue weighted by atomic mass is 9.73. The van der Waals surface area contributed by atoms with Gasteiger partial charge < -0.3 is 25.2 Å². The molecule has 250 valence electrons. The number of terminal acetylenes is 1. The molecule has 0 saturated carbocycles. The lowest BCUT2D eigenvalue weighted by molar-refractivity contribution is 0.0973. The number of aromatic nitrogens is 2. The van der Waals surface area contributed by atoms with E-state index in [0.29, 0.717) is 54.6 Å². The molecule has 48 heavy (non-hydrogen) atoms. The number of aromatic hydroxyl groups is 1. The first-order valence-corrected chi connectivity index (χ1v) is 16.7. The van der Waals surface area contributed by atoms with Gasteiger partial charge in [-0.1, -0.05) is 18.1 Å². The molecular weight excluding hydrogens is 619 g/mol. The number of phenolic OH excluding ortho intramolecular Hbond substituents is 1. The fourth-order valence-corrected chi connectivity index (χ4v) is 8.70. The van der Waals surface area contributed by atoms with Gasteiger partial charge >= 0.3 is 6.01 Å². The second-order valence-corrected chi connectivity index (χ2v) is 14.1. The van der Waals surface area contributed by atoms with E-state index >= 15 is 4.39 Å². The summed E-state index contributed by atoms with van der Waals surface area (Å²) >= 11 is 0. The number of phenols is 1. The molecule has 8 nitrogen and oxygen atoms in total. The highest BCUT2D eigenvalue weighted by Crippen LogP contribution is 2.45. The monoisotopic (exact) mass is 657 g/mol. The van der Waals surface area contributed by atoms with E-state index in [-0.39, 0.29) is 58.1 Å². The van der Waals surface area contributed by atoms with Crippen LogP contribution in [0.15, 0.2) is 36.4 Å². The minimum Gasteiger partial charge on any atom is -0.508 e. The SMILES string of the molecule is C#Cc1c(F)ccc2cc(O)cc(-c3ccc4c(N5CCC6(CC5)CO[C@@H](C)[C@H]6N)nc(OC[C@@]56CCCN5C[C@H](F)C6)nc4c3F)c12. The van der Waals surface area contributed by atoms with E-state index in [1.54, 1.807) is 12.1 Å². The van der Waals surface area contributed by atoms with E-state index in [1.807, 2.05) is 6.92 Å². The van der Waals surface area contributed by atoms with Crippen molar-refractivity contribution >= 4 is 27.5 Å². The molecule has 4 aromatic rings. The van der Waals surface area contributed by atoms with Gasteiger partial charge in [-0.05, 0) is 74.4 Å². The molecule has 1 spiro atoms. The average molecular weight is 658 g/mol. The molecule has 3 aromatic carbocycles. The zero-order chi connectivity index (χ0) is 33.4. The second-order valence-electron chi connectivity index (χ2n) is 14.1. The van der Waals surface area contributed by atoms with Crippen LogP contribution < -0.4 is 15.4 Å². The number of nitrogens with zero attached hydrogens (tertiary/aromatic N) is 4. The number of alkyl halides is 1. The number of benzene rings is 3. The summed E-state index contributed by atoms with van der Waals surface area (Å²) in [5.41, 5.74) is 6.34. The standard InChI is InChI=1S/C37H38F3N5O3/c1-3-25-29(39)8-5-22-15-24(46)16-28(30(22)25)26-6-7-27-32(31(26)40)42-35(48-20-37-9-4-12-45(37)18-23(38)17-37)43-34(27)44-13-10-36(11-14-44)19-47-21(2)33(36)41/h1,5-8,15-16,21,23,33,46H,4,9-14,17-20,41H2,2H3/t21-,23+,33+,37-/m0/s1. The molecule has 4 fully saturated rings. The molecule has 0 bridgehead atoms. The van der Waals surface area contributed by atoms with Gasteiger partial charge in [0.25, 0.3) is 0 Å². The number of piperidine rings is 1. The largest absolute Gasteiger partial charge is 0.508 e. The first-order chi connectivity index (χ1) is 23.1. The van der Waals surface area contributed by atoms with E-state index < -0.39 is 23.3 Å². The molecule has 0 radical (unpaired) electrons. The van der Waals surface area contributed by atoms with Crippen molar-refractivity contribution in [2.45, 2.75) is 62.9 Å². The molecule has 0 unspecified atom stereocenters. The van der Waals surface area contributed by atoms with E-state index in [0.717, 1.165) is 32.2 Å². The van der Waals surface area contributed by atoms with E-state index in [4.69, 9.17) is 26.6 Å². The van der Waals surface area contributed by atoms with Crippen LogP contribution in [0, 0.1) is 29.4 Å². The zero-order valence-electron chi connectivity index (χ0n) is 26.8.